The minimum absolute atomic E-state index is 0. The van der Waals surface area contributed by atoms with Gasteiger partial charge in [0.25, 0.3) is 0 Å². The second-order valence-corrected chi connectivity index (χ2v) is 4.27. The van der Waals surface area contributed by atoms with Gasteiger partial charge in [0, 0.05) is 0 Å². The molecule has 1 atom stereocenters. The molecule has 0 radical (unpaired) electrons. The van der Waals surface area contributed by atoms with Crippen molar-refractivity contribution in [1.82, 2.24) is 0 Å². The van der Waals surface area contributed by atoms with Crippen molar-refractivity contribution in [2.24, 2.45) is 5.73 Å². The molecule has 1 aromatic carbocycles. The topological polar surface area (TPSA) is 35.2 Å². The summed E-state index contributed by atoms with van der Waals surface area (Å²) in [5.74, 6) is 0.128. The van der Waals surface area contributed by atoms with Crippen molar-refractivity contribution < 1.29 is 13.5 Å². The van der Waals surface area contributed by atoms with Crippen molar-refractivity contribution >= 4 is 23.7 Å². The molecule has 0 unspecified atom stereocenters. The Bertz CT molecular complexity index is 479. The van der Waals surface area contributed by atoms with E-state index in [2.05, 4.69) is 4.74 Å². The van der Waals surface area contributed by atoms with E-state index in [9.17, 15) is 8.78 Å². The van der Waals surface area contributed by atoms with Crippen LogP contribution in [0.1, 0.15) is 17.2 Å². The number of hydrogen-bond acceptors (Lipinski definition) is 3. The maximum Gasteiger partial charge on any atom is 0.387 e. The third kappa shape index (κ3) is 3.66. The Balaban J connectivity index is 0.00000162. The van der Waals surface area contributed by atoms with Gasteiger partial charge in [0.1, 0.15) is 5.75 Å². The molecule has 1 aromatic heterocycles. The standard InChI is InChI=1S/C12H11F2NOS.ClH/c13-12(14)16-10-3-1-2-8(6-10)11(15)9-4-5-17-7-9;/h1-7,11-12H,15H2;1H/t11-;/m1./s1. The van der Waals surface area contributed by atoms with Crippen LogP contribution in [0.3, 0.4) is 0 Å². The minimum Gasteiger partial charge on any atom is -0.435 e. The Labute approximate surface area is 114 Å². The van der Waals surface area contributed by atoms with Gasteiger partial charge in [-0.25, -0.2) is 0 Å². The minimum atomic E-state index is -2.82. The first-order valence-electron chi connectivity index (χ1n) is 4.99. The molecule has 18 heavy (non-hydrogen) atoms. The fraction of sp³-hybridized carbons (Fsp3) is 0.167. The summed E-state index contributed by atoms with van der Waals surface area (Å²) in [6.45, 7) is -2.82. The normalized spacial score (nSPS) is 12.0. The lowest BCUT2D eigenvalue weighted by Crippen LogP contribution is -2.11. The molecule has 0 aliphatic heterocycles. The number of ether oxygens (including phenoxy) is 1. The smallest absolute Gasteiger partial charge is 0.387 e. The van der Waals surface area contributed by atoms with Gasteiger partial charge in [-0.1, -0.05) is 12.1 Å². The average Bonchev–Trinajstić information content (AvgIpc) is 2.81. The molecule has 0 amide bonds. The molecule has 0 aliphatic carbocycles. The molecular weight excluding hydrogens is 280 g/mol. The Morgan fingerprint density at radius 3 is 2.56 bits per heavy atom. The van der Waals surface area contributed by atoms with Gasteiger partial charge in [0.2, 0.25) is 0 Å². The van der Waals surface area contributed by atoms with Gasteiger partial charge in [-0.3, -0.25) is 0 Å². The summed E-state index contributed by atoms with van der Waals surface area (Å²) in [5.41, 5.74) is 7.74. The Morgan fingerprint density at radius 1 is 1.17 bits per heavy atom. The van der Waals surface area contributed by atoms with Crippen molar-refractivity contribution in [3.8, 4) is 5.75 Å². The quantitative estimate of drug-likeness (QED) is 0.929. The van der Waals surface area contributed by atoms with Gasteiger partial charge in [-0.05, 0) is 40.1 Å². The third-order valence-corrected chi connectivity index (χ3v) is 3.05. The monoisotopic (exact) mass is 291 g/mol. The number of alkyl halides is 2. The highest BCUT2D eigenvalue weighted by atomic mass is 35.5. The molecule has 2 nitrogen and oxygen atoms in total. The Hall–Kier alpha value is -1.17. The first kappa shape index (κ1) is 14.9. The van der Waals surface area contributed by atoms with Gasteiger partial charge in [0.15, 0.2) is 0 Å². The van der Waals surface area contributed by atoms with Gasteiger partial charge >= 0.3 is 6.61 Å². The maximum absolute atomic E-state index is 12.1. The molecule has 6 heteroatoms. The largest absolute Gasteiger partial charge is 0.435 e. The van der Waals surface area contributed by atoms with Crippen LogP contribution in [0.2, 0.25) is 0 Å². The van der Waals surface area contributed by atoms with Gasteiger partial charge in [0.05, 0.1) is 6.04 Å². The predicted octanol–water partition coefficient (Wildman–Crippen LogP) is 3.82. The average molecular weight is 292 g/mol. The van der Waals surface area contributed by atoms with Gasteiger partial charge in [-0.15, -0.1) is 12.4 Å². The highest BCUT2D eigenvalue weighted by molar-refractivity contribution is 7.08. The molecular formula is C12H12ClF2NOS. The van der Waals surface area contributed by atoms with Crippen LogP contribution in [-0.4, -0.2) is 6.61 Å². The summed E-state index contributed by atoms with van der Waals surface area (Å²) >= 11 is 1.55. The second-order valence-electron chi connectivity index (χ2n) is 3.49. The zero-order valence-corrected chi connectivity index (χ0v) is 10.9. The van der Waals surface area contributed by atoms with Crippen molar-refractivity contribution in [3.05, 3.63) is 52.2 Å². The van der Waals surface area contributed by atoms with E-state index < -0.39 is 6.61 Å². The fourth-order valence-corrected chi connectivity index (χ4v) is 2.23. The first-order chi connectivity index (χ1) is 8.16. The van der Waals surface area contributed by atoms with Crippen LogP contribution in [-0.2, 0) is 0 Å². The van der Waals surface area contributed by atoms with E-state index in [1.165, 1.54) is 12.1 Å². The third-order valence-electron chi connectivity index (χ3n) is 2.34. The molecule has 0 fully saturated rings. The van der Waals surface area contributed by atoms with Crippen molar-refractivity contribution in [2.75, 3.05) is 0 Å². The molecule has 1 heterocycles. The van der Waals surface area contributed by atoms with E-state index >= 15 is 0 Å². The van der Waals surface area contributed by atoms with E-state index in [0.29, 0.717) is 0 Å². The summed E-state index contributed by atoms with van der Waals surface area (Å²) in [5, 5.41) is 3.86. The Morgan fingerprint density at radius 2 is 1.94 bits per heavy atom. The summed E-state index contributed by atoms with van der Waals surface area (Å²) in [4.78, 5) is 0. The van der Waals surface area contributed by atoms with E-state index in [1.54, 1.807) is 23.5 Å². The van der Waals surface area contributed by atoms with Crippen LogP contribution in [0, 0.1) is 0 Å². The van der Waals surface area contributed by atoms with Crippen LogP contribution >= 0.6 is 23.7 Å². The van der Waals surface area contributed by atoms with E-state index in [1.807, 2.05) is 16.8 Å². The summed E-state index contributed by atoms with van der Waals surface area (Å²) in [6.07, 6.45) is 0. The summed E-state index contributed by atoms with van der Waals surface area (Å²) in [7, 11) is 0. The SMILES string of the molecule is Cl.N[C@@H](c1ccsc1)c1cccc(OC(F)F)c1. The van der Waals surface area contributed by atoms with Crippen molar-refractivity contribution in [3.63, 3.8) is 0 Å². The molecule has 0 saturated carbocycles. The van der Waals surface area contributed by atoms with Crippen molar-refractivity contribution in [2.45, 2.75) is 12.7 Å². The second kappa shape index (κ2) is 6.68. The lowest BCUT2D eigenvalue weighted by molar-refractivity contribution is -0.0498. The molecule has 0 spiro atoms. The molecule has 2 rings (SSSR count). The Kier molecular flexibility index (Phi) is 5.53. The van der Waals surface area contributed by atoms with E-state index in [0.717, 1.165) is 11.1 Å². The molecule has 0 bridgehead atoms. The lowest BCUT2D eigenvalue weighted by atomic mass is 10.0. The fourth-order valence-electron chi connectivity index (χ4n) is 1.53. The lowest BCUT2D eigenvalue weighted by Gasteiger charge is -2.12. The number of hydrogen-bond donors (Lipinski definition) is 1. The molecule has 98 valence electrons. The summed E-state index contributed by atoms with van der Waals surface area (Å²) in [6, 6.07) is 8.06. The van der Waals surface area contributed by atoms with E-state index in [4.69, 9.17) is 5.73 Å². The van der Waals surface area contributed by atoms with Crippen molar-refractivity contribution in [1.29, 1.82) is 0 Å². The summed E-state index contributed by atoms with van der Waals surface area (Å²) < 4.78 is 28.5. The van der Waals surface area contributed by atoms with Crippen LogP contribution < -0.4 is 10.5 Å². The number of benzene rings is 1. The first-order valence-corrected chi connectivity index (χ1v) is 5.93. The molecule has 2 aromatic rings. The molecule has 0 saturated heterocycles. The van der Waals surface area contributed by atoms with E-state index in [-0.39, 0.29) is 24.2 Å². The highest BCUT2D eigenvalue weighted by Crippen LogP contribution is 2.25. The number of halogens is 3. The van der Waals surface area contributed by atoms with Crippen LogP contribution in [0.25, 0.3) is 0 Å². The predicted molar refractivity (Wildman–Crippen MR) is 70.7 cm³/mol. The molecule has 0 aliphatic rings. The van der Waals surface area contributed by atoms with Crippen LogP contribution in [0.15, 0.2) is 41.1 Å². The number of thiophene rings is 1. The number of rotatable bonds is 4. The zero-order valence-electron chi connectivity index (χ0n) is 9.25. The number of nitrogens with two attached hydrogens (primary N) is 1. The van der Waals surface area contributed by atoms with Gasteiger partial charge in [-0.2, -0.15) is 20.1 Å². The van der Waals surface area contributed by atoms with Crippen LogP contribution in [0.4, 0.5) is 8.78 Å². The maximum atomic E-state index is 12.1. The molecule has 2 N–H and O–H groups in total. The highest BCUT2D eigenvalue weighted by Gasteiger charge is 2.11. The van der Waals surface area contributed by atoms with Gasteiger partial charge < -0.3 is 10.5 Å². The zero-order chi connectivity index (χ0) is 12.3. The van der Waals surface area contributed by atoms with Crippen LogP contribution in [0.5, 0.6) is 5.75 Å².